The lowest BCUT2D eigenvalue weighted by atomic mass is 10.2. The summed E-state index contributed by atoms with van der Waals surface area (Å²) in [6.07, 6.45) is 1.25. The summed E-state index contributed by atoms with van der Waals surface area (Å²) >= 11 is 1.00. The van der Waals surface area contributed by atoms with Crippen molar-refractivity contribution in [3.05, 3.63) is 77.3 Å². The van der Waals surface area contributed by atoms with Crippen LogP contribution >= 0.6 is 11.9 Å². The van der Waals surface area contributed by atoms with Crippen molar-refractivity contribution in [1.82, 2.24) is 4.72 Å². The van der Waals surface area contributed by atoms with Crippen LogP contribution in [0, 0.1) is 4.91 Å². The van der Waals surface area contributed by atoms with E-state index in [0.717, 1.165) is 17.5 Å². The Morgan fingerprint density at radius 2 is 1.87 bits per heavy atom. The van der Waals surface area contributed by atoms with Gasteiger partial charge in [-0.15, -0.1) is 4.91 Å². The molecule has 0 aliphatic carbocycles. The van der Waals surface area contributed by atoms with Crippen molar-refractivity contribution in [2.75, 3.05) is 14.2 Å². The number of nitroso groups, excluding NO2 is 1. The largest absolute Gasteiger partial charge is 0.497 e. The van der Waals surface area contributed by atoms with E-state index in [0.29, 0.717) is 16.4 Å². The fourth-order valence-electron chi connectivity index (χ4n) is 2.26. The predicted octanol–water partition coefficient (Wildman–Crippen LogP) is 5.66. The molecule has 0 saturated carbocycles. The number of amidine groups is 1. The van der Waals surface area contributed by atoms with Crippen LogP contribution in [0.3, 0.4) is 0 Å². The quantitative estimate of drug-likeness (QED) is 0.172. The monoisotopic (exact) mass is 431 g/mol. The van der Waals surface area contributed by atoms with Crippen molar-refractivity contribution in [3.8, 4) is 11.5 Å². The van der Waals surface area contributed by atoms with E-state index < -0.39 is 5.83 Å². The first kappa shape index (κ1) is 23.0. The SMILES string of the molecule is C=C(N=C(NSc1ccccc1N=O)/C(F)=C\C)OCc1cc(OC)cc(OC)c1. The zero-order chi connectivity index (χ0) is 21.9. The molecule has 0 unspecified atom stereocenters. The van der Waals surface area contributed by atoms with Crippen molar-refractivity contribution < 1.29 is 18.6 Å². The van der Waals surface area contributed by atoms with Gasteiger partial charge in [0.1, 0.15) is 23.8 Å². The van der Waals surface area contributed by atoms with Crippen LogP contribution in [0.25, 0.3) is 0 Å². The van der Waals surface area contributed by atoms with Gasteiger partial charge in [0.05, 0.1) is 19.1 Å². The number of benzene rings is 2. The topological polar surface area (TPSA) is 81.5 Å². The molecule has 9 heteroatoms. The first-order valence-electron chi connectivity index (χ1n) is 8.80. The van der Waals surface area contributed by atoms with E-state index in [4.69, 9.17) is 14.2 Å². The Bertz CT molecular complexity index is 941. The molecule has 0 saturated heterocycles. The third-order valence-electron chi connectivity index (χ3n) is 3.75. The third kappa shape index (κ3) is 6.63. The summed E-state index contributed by atoms with van der Waals surface area (Å²) in [6.45, 7) is 5.38. The lowest BCUT2D eigenvalue weighted by Crippen LogP contribution is -2.17. The molecule has 2 aromatic rings. The van der Waals surface area contributed by atoms with Crippen LogP contribution in [0.4, 0.5) is 10.1 Å². The molecule has 0 amide bonds. The summed E-state index contributed by atoms with van der Waals surface area (Å²) in [6, 6.07) is 12.0. The van der Waals surface area contributed by atoms with Crippen LogP contribution in [-0.4, -0.2) is 20.1 Å². The summed E-state index contributed by atoms with van der Waals surface area (Å²) < 4.78 is 33.0. The first-order valence-corrected chi connectivity index (χ1v) is 9.62. The van der Waals surface area contributed by atoms with E-state index in [1.165, 1.54) is 13.0 Å². The van der Waals surface area contributed by atoms with Crippen LogP contribution in [0.1, 0.15) is 12.5 Å². The second kappa shape index (κ2) is 11.6. The molecule has 0 heterocycles. The van der Waals surface area contributed by atoms with Crippen molar-refractivity contribution in [3.63, 3.8) is 0 Å². The van der Waals surface area contributed by atoms with Crippen LogP contribution in [0.2, 0.25) is 0 Å². The molecule has 2 aromatic carbocycles. The number of hydrogen-bond donors (Lipinski definition) is 1. The second-order valence-electron chi connectivity index (χ2n) is 5.76. The highest BCUT2D eigenvalue weighted by Crippen LogP contribution is 2.27. The highest BCUT2D eigenvalue weighted by Gasteiger charge is 2.10. The predicted molar refractivity (Wildman–Crippen MR) is 117 cm³/mol. The highest BCUT2D eigenvalue weighted by atomic mass is 32.2. The normalized spacial score (nSPS) is 11.6. The number of methoxy groups -OCH3 is 2. The Labute approximate surface area is 178 Å². The number of nitrogens with zero attached hydrogens (tertiary/aromatic N) is 2. The van der Waals surface area contributed by atoms with Crippen LogP contribution in [0.15, 0.2) is 81.9 Å². The molecular formula is C21H22FN3O4S. The van der Waals surface area contributed by atoms with Crippen LogP contribution in [0.5, 0.6) is 11.5 Å². The number of aliphatic imine (C=N–C) groups is 1. The van der Waals surface area contributed by atoms with Gasteiger partial charge < -0.3 is 18.9 Å². The molecule has 0 bridgehead atoms. The van der Waals surface area contributed by atoms with E-state index >= 15 is 0 Å². The molecule has 7 nitrogen and oxygen atoms in total. The Balaban J connectivity index is 2.09. The van der Waals surface area contributed by atoms with Crippen molar-refractivity contribution >= 4 is 23.5 Å². The van der Waals surface area contributed by atoms with Gasteiger partial charge in [-0.3, -0.25) is 0 Å². The molecule has 0 fully saturated rings. The molecule has 1 N–H and O–H groups in total. The molecule has 0 radical (unpaired) electrons. The molecule has 0 aliphatic rings. The van der Waals surface area contributed by atoms with Gasteiger partial charge in [-0.25, -0.2) is 4.39 Å². The van der Waals surface area contributed by atoms with Gasteiger partial charge in [-0.1, -0.05) is 12.1 Å². The smallest absolute Gasteiger partial charge is 0.208 e. The maximum Gasteiger partial charge on any atom is 0.208 e. The number of nitrogens with one attached hydrogen (secondary N) is 1. The van der Waals surface area contributed by atoms with Crippen molar-refractivity contribution in [2.45, 2.75) is 18.4 Å². The average Bonchev–Trinajstić information content (AvgIpc) is 2.79. The van der Waals surface area contributed by atoms with Gasteiger partial charge in [-0.2, -0.15) is 4.99 Å². The van der Waals surface area contributed by atoms with Gasteiger partial charge >= 0.3 is 0 Å². The molecule has 0 aromatic heterocycles. The zero-order valence-corrected chi connectivity index (χ0v) is 17.7. The Morgan fingerprint density at radius 1 is 1.20 bits per heavy atom. The summed E-state index contributed by atoms with van der Waals surface area (Å²) in [5, 5.41) is 2.94. The van der Waals surface area contributed by atoms with Gasteiger partial charge in [0.15, 0.2) is 11.7 Å². The summed E-state index contributed by atoms with van der Waals surface area (Å²) in [7, 11) is 3.10. The average molecular weight is 431 g/mol. The number of ether oxygens (including phenoxy) is 3. The fourth-order valence-corrected chi connectivity index (χ4v) is 2.96. The van der Waals surface area contributed by atoms with Crippen molar-refractivity contribution in [1.29, 1.82) is 0 Å². The molecule has 2 rings (SSSR count). The van der Waals surface area contributed by atoms with Crippen LogP contribution < -0.4 is 14.2 Å². The lowest BCUT2D eigenvalue weighted by Gasteiger charge is -2.11. The standard InChI is InChI=1S/C21H22FN3O4S/c1-5-18(22)21(25-30-20-9-7-6-8-19(20)24-26)23-14(2)29-13-15-10-16(27-3)12-17(11-15)28-4/h5-12H,2,13H2,1,3-4H3,(H,23,25)/b18-5+. The molecule has 0 aliphatic heterocycles. The number of rotatable bonds is 10. The summed E-state index contributed by atoms with van der Waals surface area (Å²) in [5.41, 5.74) is 1.00. The molecular weight excluding hydrogens is 409 g/mol. The minimum atomic E-state index is -0.605. The van der Waals surface area contributed by atoms with E-state index in [-0.39, 0.29) is 24.0 Å². The van der Waals surface area contributed by atoms with E-state index in [1.807, 2.05) is 0 Å². The van der Waals surface area contributed by atoms with E-state index in [9.17, 15) is 9.30 Å². The molecule has 30 heavy (non-hydrogen) atoms. The Kier molecular flexibility index (Phi) is 8.89. The minimum Gasteiger partial charge on any atom is -0.497 e. The van der Waals surface area contributed by atoms with Gasteiger partial charge in [-0.05, 0) is 66.5 Å². The number of hydrogen-bond acceptors (Lipinski definition) is 7. The second-order valence-corrected chi connectivity index (χ2v) is 6.61. The minimum absolute atomic E-state index is 0.00122. The lowest BCUT2D eigenvalue weighted by molar-refractivity contribution is 0.197. The van der Waals surface area contributed by atoms with Gasteiger partial charge in [0, 0.05) is 6.07 Å². The first-order chi connectivity index (χ1) is 14.5. The number of allylic oxidation sites excluding steroid dienone is 1. The summed E-state index contributed by atoms with van der Waals surface area (Å²) in [4.78, 5) is 15.5. The maximum absolute atomic E-state index is 14.2. The van der Waals surface area contributed by atoms with Gasteiger partial charge in [0.2, 0.25) is 5.88 Å². The molecule has 0 atom stereocenters. The zero-order valence-electron chi connectivity index (χ0n) is 16.8. The maximum atomic E-state index is 14.2. The Hall–Kier alpha value is -3.33. The molecule has 158 valence electrons. The van der Waals surface area contributed by atoms with E-state index in [1.54, 1.807) is 56.7 Å². The summed E-state index contributed by atoms with van der Waals surface area (Å²) in [5.74, 6) is 0.522. The van der Waals surface area contributed by atoms with E-state index in [2.05, 4.69) is 21.5 Å². The fraction of sp³-hybridized carbons (Fsp3) is 0.190. The molecule has 0 spiro atoms. The Morgan fingerprint density at radius 3 is 2.47 bits per heavy atom. The highest BCUT2D eigenvalue weighted by molar-refractivity contribution is 7.98. The van der Waals surface area contributed by atoms with Crippen molar-refractivity contribution in [2.24, 2.45) is 10.2 Å². The van der Waals surface area contributed by atoms with Crippen LogP contribution in [-0.2, 0) is 11.3 Å². The third-order valence-corrected chi connectivity index (χ3v) is 4.61. The van der Waals surface area contributed by atoms with Gasteiger partial charge in [0.25, 0.3) is 0 Å². The number of halogens is 1.